The molecule has 16 heavy (non-hydrogen) atoms. The molecule has 87 valence electrons. The lowest BCUT2D eigenvalue weighted by atomic mass is 10.0. The molecule has 1 saturated heterocycles. The summed E-state index contributed by atoms with van der Waals surface area (Å²) in [5.41, 5.74) is 7.37. The Kier molecular flexibility index (Phi) is 4.37. The highest BCUT2D eigenvalue weighted by molar-refractivity contribution is 5.17. The highest BCUT2D eigenvalue weighted by atomic mass is 15.1. The lowest BCUT2D eigenvalue weighted by molar-refractivity contribution is 0.221. The molecular formula is C14H21N2. The molecule has 2 nitrogen and oxygen atoms in total. The van der Waals surface area contributed by atoms with Crippen LogP contribution in [0.4, 0.5) is 0 Å². The number of hydrogen-bond acceptors (Lipinski definition) is 2. The van der Waals surface area contributed by atoms with E-state index in [2.05, 4.69) is 17.0 Å². The first-order valence-electron chi connectivity index (χ1n) is 6.30. The molecule has 1 radical (unpaired) electrons. The summed E-state index contributed by atoms with van der Waals surface area (Å²) >= 11 is 0. The van der Waals surface area contributed by atoms with Gasteiger partial charge in [-0.25, -0.2) is 0 Å². The third-order valence-corrected chi connectivity index (χ3v) is 3.36. The SMILES string of the molecule is NC(CCN1CCCCC1)c1c[c]ccc1. The van der Waals surface area contributed by atoms with Gasteiger partial charge in [0.25, 0.3) is 0 Å². The maximum atomic E-state index is 6.17. The molecule has 0 spiro atoms. The topological polar surface area (TPSA) is 29.3 Å². The van der Waals surface area contributed by atoms with Crippen LogP contribution in [-0.2, 0) is 0 Å². The Hall–Kier alpha value is -0.860. The number of likely N-dealkylation sites (tertiary alicyclic amines) is 1. The predicted molar refractivity (Wildman–Crippen MR) is 67.1 cm³/mol. The van der Waals surface area contributed by atoms with Crippen molar-refractivity contribution < 1.29 is 0 Å². The molecule has 1 atom stereocenters. The van der Waals surface area contributed by atoms with Crippen molar-refractivity contribution in [1.82, 2.24) is 4.90 Å². The third kappa shape index (κ3) is 3.32. The summed E-state index contributed by atoms with van der Waals surface area (Å²) in [6.07, 6.45) is 5.16. The maximum Gasteiger partial charge on any atom is 0.0307 e. The second kappa shape index (κ2) is 6.02. The first-order valence-corrected chi connectivity index (χ1v) is 6.30. The van der Waals surface area contributed by atoms with E-state index in [1.54, 1.807) is 0 Å². The summed E-state index contributed by atoms with van der Waals surface area (Å²) in [7, 11) is 0. The number of rotatable bonds is 4. The van der Waals surface area contributed by atoms with Crippen LogP contribution in [-0.4, -0.2) is 24.5 Å². The van der Waals surface area contributed by atoms with Gasteiger partial charge in [0.2, 0.25) is 0 Å². The van der Waals surface area contributed by atoms with Crippen molar-refractivity contribution in [2.75, 3.05) is 19.6 Å². The van der Waals surface area contributed by atoms with Crippen LogP contribution in [0.1, 0.15) is 37.3 Å². The van der Waals surface area contributed by atoms with Gasteiger partial charge in [-0.3, -0.25) is 0 Å². The van der Waals surface area contributed by atoms with Crippen molar-refractivity contribution in [3.63, 3.8) is 0 Å². The summed E-state index contributed by atoms with van der Waals surface area (Å²) in [5, 5.41) is 0. The molecular weight excluding hydrogens is 196 g/mol. The molecule has 2 rings (SSSR count). The number of nitrogens with zero attached hydrogens (tertiary/aromatic N) is 1. The maximum absolute atomic E-state index is 6.17. The zero-order valence-electron chi connectivity index (χ0n) is 9.86. The van der Waals surface area contributed by atoms with Gasteiger partial charge in [-0.15, -0.1) is 0 Å². The normalized spacial score (nSPS) is 19.6. The van der Waals surface area contributed by atoms with E-state index in [0.29, 0.717) is 0 Å². The molecule has 1 heterocycles. The van der Waals surface area contributed by atoms with Crippen LogP contribution in [0.25, 0.3) is 0 Å². The molecule has 1 unspecified atom stereocenters. The quantitative estimate of drug-likeness (QED) is 0.839. The monoisotopic (exact) mass is 217 g/mol. The third-order valence-electron chi connectivity index (χ3n) is 3.36. The van der Waals surface area contributed by atoms with E-state index >= 15 is 0 Å². The molecule has 0 saturated carbocycles. The molecule has 1 aliphatic heterocycles. The predicted octanol–water partition coefficient (Wildman–Crippen LogP) is 2.36. The minimum atomic E-state index is 0.166. The van der Waals surface area contributed by atoms with Crippen LogP contribution in [0, 0.1) is 6.07 Å². The van der Waals surface area contributed by atoms with E-state index in [1.807, 2.05) is 18.2 Å². The van der Waals surface area contributed by atoms with Gasteiger partial charge < -0.3 is 10.6 Å². The summed E-state index contributed by atoms with van der Waals surface area (Å²) in [5.74, 6) is 0. The van der Waals surface area contributed by atoms with Crippen molar-refractivity contribution in [2.45, 2.75) is 31.7 Å². The Bertz CT molecular complexity index is 291. The summed E-state index contributed by atoms with van der Waals surface area (Å²) < 4.78 is 0. The second-order valence-corrected chi connectivity index (χ2v) is 4.63. The Morgan fingerprint density at radius 1 is 1.31 bits per heavy atom. The van der Waals surface area contributed by atoms with Crippen molar-refractivity contribution in [2.24, 2.45) is 5.73 Å². The molecule has 0 amide bonds. The van der Waals surface area contributed by atoms with Crippen molar-refractivity contribution in [1.29, 1.82) is 0 Å². The average Bonchev–Trinajstić information content (AvgIpc) is 2.38. The summed E-state index contributed by atoms with van der Waals surface area (Å²) in [4.78, 5) is 2.54. The van der Waals surface area contributed by atoms with Gasteiger partial charge in [0.1, 0.15) is 0 Å². The molecule has 1 aromatic carbocycles. The van der Waals surface area contributed by atoms with Crippen molar-refractivity contribution in [3.8, 4) is 0 Å². The zero-order valence-corrected chi connectivity index (χ0v) is 9.86. The molecule has 1 fully saturated rings. The Morgan fingerprint density at radius 2 is 2.12 bits per heavy atom. The van der Waals surface area contributed by atoms with Gasteiger partial charge >= 0.3 is 0 Å². The van der Waals surface area contributed by atoms with Gasteiger partial charge in [-0.1, -0.05) is 24.6 Å². The number of nitrogens with two attached hydrogens (primary N) is 1. The van der Waals surface area contributed by atoms with E-state index < -0.39 is 0 Å². The Labute approximate surface area is 98.4 Å². The lowest BCUT2D eigenvalue weighted by Crippen LogP contribution is -2.32. The lowest BCUT2D eigenvalue weighted by Gasteiger charge is -2.27. The largest absolute Gasteiger partial charge is 0.324 e. The van der Waals surface area contributed by atoms with E-state index in [-0.39, 0.29) is 6.04 Å². The molecule has 2 heteroatoms. The molecule has 0 bridgehead atoms. The van der Waals surface area contributed by atoms with Crippen LogP contribution in [0.15, 0.2) is 24.3 Å². The van der Waals surface area contributed by atoms with Crippen LogP contribution in [0.2, 0.25) is 0 Å². The fourth-order valence-corrected chi connectivity index (χ4v) is 2.31. The molecule has 1 aromatic rings. The second-order valence-electron chi connectivity index (χ2n) is 4.63. The molecule has 0 aliphatic carbocycles. The minimum absolute atomic E-state index is 0.166. The van der Waals surface area contributed by atoms with Gasteiger partial charge in [0, 0.05) is 6.04 Å². The molecule has 2 N–H and O–H groups in total. The van der Waals surface area contributed by atoms with Gasteiger partial charge in [0.05, 0.1) is 0 Å². The molecule has 1 aliphatic rings. The first-order chi connectivity index (χ1) is 7.86. The number of piperidine rings is 1. The average molecular weight is 217 g/mol. The number of hydrogen-bond donors (Lipinski definition) is 1. The summed E-state index contributed by atoms with van der Waals surface area (Å²) in [6.45, 7) is 3.65. The van der Waals surface area contributed by atoms with Gasteiger partial charge in [-0.05, 0) is 56.6 Å². The molecule has 0 aromatic heterocycles. The van der Waals surface area contributed by atoms with E-state index in [0.717, 1.165) is 13.0 Å². The highest BCUT2D eigenvalue weighted by Gasteiger charge is 2.12. The first kappa shape index (κ1) is 11.6. The Morgan fingerprint density at radius 3 is 2.81 bits per heavy atom. The van der Waals surface area contributed by atoms with Crippen molar-refractivity contribution in [3.05, 3.63) is 35.9 Å². The van der Waals surface area contributed by atoms with Crippen molar-refractivity contribution >= 4 is 0 Å². The fourth-order valence-electron chi connectivity index (χ4n) is 2.31. The number of benzene rings is 1. The Balaban J connectivity index is 1.77. The van der Waals surface area contributed by atoms with Crippen LogP contribution >= 0.6 is 0 Å². The smallest absolute Gasteiger partial charge is 0.0307 e. The highest BCUT2D eigenvalue weighted by Crippen LogP contribution is 2.15. The van der Waals surface area contributed by atoms with Crippen LogP contribution in [0.5, 0.6) is 0 Å². The van der Waals surface area contributed by atoms with Gasteiger partial charge in [0.15, 0.2) is 0 Å². The van der Waals surface area contributed by atoms with Crippen LogP contribution in [0.3, 0.4) is 0 Å². The minimum Gasteiger partial charge on any atom is -0.324 e. The standard InChI is InChI=1S/C14H21N2/c15-14(13-7-3-1-4-8-13)9-12-16-10-5-2-6-11-16/h1,3,7-8,14H,2,5-6,9-12,15H2. The van der Waals surface area contributed by atoms with Gasteiger partial charge in [-0.2, -0.15) is 0 Å². The van der Waals surface area contributed by atoms with E-state index in [1.165, 1.54) is 37.9 Å². The zero-order chi connectivity index (χ0) is 11.2. The van der Waals surface area contributed by atoms with Crippen LogP contribution < -0.4 is 5.73 Å². The van der Waals surface area contributed by atoms with E-state index in [4.69, 9.17) is 5.73 Å². The fraction of sp³-hybridized carbons (Fsp3) is 0.571. The van der Waals surface area contributed by atoms with E-state index in [9.17, 15) is 0 Å². The summed E-state index contributed by atoms with van der Waals surface area (Å²) in [6, 6.07) is 11.3.